The lowest BCUT2D eigenvalue weighted by Crippen LogP contribution is -2.78. The fourth-order valence-corrected chi connectivity index (χ4v) is 5.86. The van der Waals surface area contributed by atoms with Gasteiger partial charge in [-0.15, -0.1) is 0 Å². The normalized spacial score (nSPS) is 33.6. The van der Waals surface area contributed by atoms with Crippen molar-refractivity contribution in [3.8, 4) is 5.75 Å². The quantitative estimate of drug-likeness (QED) is 0.567. The van der Waals surface area contributed by atoms with Gasteiger partial charge in [0.05, 0.1) is 10.4 Å². The zero-order chi connectivity index (χ0) is 22.2. The predicted octanol–water partition coefficient (Wildman–Crippen LogP) is 3.18. The number of carbonyl (C=O) groups excluding carboxylic acids is 2. The molecular formula is C23H31ClFN3O3. The summed E-state index contributed by atoms with van der Waals surface area (Å²) < 4.78 is 18.8. The molecule has 1 aromatic carbocycles. The molecule has 1 saturated heterocycles. The molecule has 0 aromatic heterocycles. The standard InChI is InChI=1S/C23H31ClFN3O3/c1-14-7-16(8-15(2)27-14)5-6-26-21(30)22-11-23(12-22,13-22)28-20(29)10-31-17-3-4-18(24)19(25)9-17/h3-4,9,14-16,27H,5-8,10-13H2,1-2H3,(H,26,30)(H,28,29). The summed E-state index contributed by atoms with van der Waals surface area (Å²) in [5.41, 5.74) is -0.606. The number of nitrogens with one attached hydrogen (secondary N) is 3. The van der Waals surface area contributed by atoms with Crippen molar-refractivity contribution < 1.29 is 18.7 Å². The molecule has 0 spiro atoms. The van der Waals surface area contributed by atoms with Gasteiger partial charge in [-0.3, -0.25) is 9.59 Å². The molecule has 170 valence electrons. The van der Waals surface area contributed by atoms with Gasteiger partial charge in [-0.1, -0.05) is 11.6 Å². The summed E-state index contributed by atoms with van der Waals surface area (Å²) in [4.78, 5) is 24.9. The minimum Gasteiger partial charge on any atom is -0.484 e. The van der Waals surface area contributed by atoms with Crippen LogP contribution in [-0.2, 0) is 9.59 Å². The highest BCUT2D eigenvalue weighted by Gasteiger charge is 2.72. The van der Waals surface area contributed by atoms with Crippen LogP contribution in [0.2, 0.25) is 5.02 Å². The summed E-state index contributed by atoms with van der Waals surface area (Å²) in [7, 11) is 0. The van der Waals surface area contributed by atoms with Crippen molar-refractivity contribution in [1.29, 1.82) is 0 Å². The van der Waals surface area contributed by atoms with E-state index in [0.29, 0.717) is 37.3 Å². The predicted molar refractivity (Wildman–Crippen MR) is 116 cm³/mol. The van der Waals surface area contributed by atoms with Crippen LogP contribution in [0.15, 0.2) is 18.2 Å². The second kappa shape index (κ2) is 8.58. The van der Waals surface area contributed by atoms with Gasteiger partial charge < -0.3 is 20.7 Å². The molecule has 3 N–H and O–H groups in total. The number of amides is 2. The van der Waals surface area contributed by atoms with Gasteiger partial charge in [-0.2, -0.15) is 0 Å². The molecule has 1 heterocycles. The van der Waals surface area contributed by atoms with Gasteiger partial charge in [0.2, 0.25) is 5.91 Å². The molecule has 3 saturated carbocycles. The van der Waals surface area contributed by atoms with Crippen LogP contribution in [0.25, 0.3) is 0 Å². The number of benzene rings is 1. The van der Waals surface area contributed by atoms with Crippen molar-refractivity contribution in [3.63, 3.8) is 0 Å². The molecule has 31 heavy (non-hydrogen) atoms. The first-order valence-electron chi connectivity index (χ1n) is 11.1. The molecule has 5 rings (SSSR count). The van der Waals surface area contributed by atoms with E-state index in [1.807, 2.05) is 0 Å². The highest BCUT2D eigenvalue weighted by Crippen LogP contribution is 2.67. The van der Waals surface area contributed by atoms with Crippen LogP contribution in [-0.4, -0.2) is 42.6 Å². The summed E-state index contributed by atoms with van der Waals surface area (Å²) in [6.45, 7) is 4.95. The van der Waals surface area contributed by atoms with Gasteiger partial charge in [0, 0.05) is 30.2 Å². The average molecular weight is 452 g/mol. The minimum absolute atomic E-state index is 0.00843. The molecule has 3 aliphatic carbocycles. The first-order valence-corrected chi connectivity index (χ1v) is 11.5. The molecule has 8 heteroatoms. The number of piperidine rings is 1. The van der Waals surface area contributed by atoms with E-state index < -0.39 is 5.82 Å². The molecule has 1 aromatic rings. The third kappa shape index (κ3) is 4.82. The Bertz CT molecular complexity index is 835. The van der Waals surface area contributed by atoms with Gasteiger partial charge in [0.25, 0.3) is 5.91 Å². The Morgan fingerprint density at radius 1 is 1.23 bits per heavy atom. The van der Waals surface area contributed by atoms with Crippen molar-refractivity contribution in [2.45, 2.75) is 70.0 Å². The lowest BCUT2D eigenvalue weighted by Gasteiger charge is -2.69. The first-order chi connectivity index (χ1) is 14.7. The van der Waals surface area contributed by atoms with E-state index in [-0.39, 0.29) is 40.1 Å². The van der Waals surface area contributed by atoms with E-state index in [1.165, 1.54) is 12.1 Å². The van der Waals surface area contributed by atoms with Crippen LogP contribution in [0.1, 0.15) is 52.4 Å². The Morgan fingerprint density at radius 3 is 2.55 bits per heavy atom. The van der Waals surface area contributed by atoms with E-state index >= 15 is 0 Å². The number of rotatable bonds is 8. The highest BCUT2D eigenvalue weighted by molar-refractivity contribution is 6.30. The molecule has 2 unspecified atom stereocenters. The SMILES string of the molecule is CC1CC(CCNC(=O)C23CC(NC(=O)COc4ccc(Cl)c(F)c4)(C2)C3)CC(C)N1. The Morgan fingerprint density at radius 2 is 1.90 bits per heavy atom. The van der Waals surface area contributed by atoms with Crippen LogP contribution >= 0.6 is 11.6 Å². The van der Waals surface area contributed by atoms with Gasteiger partial charge in [0.15, 0.2) is 6.61 Å². The van der Waals surface area contributed by atoms with Gasteiger partial charge in [0.1, 0.15) is 11.6 Å². The molecule has 4 fully saturated rings. The monoisotopic (exact) mass is 451 g/mol. The van der Waals surface area contributed by atoms with Crippen molar-refractivity contribution in [1.82, 2.24) is 16.0 Å². The zero-order valence-electron chi connectivity index (χ0n) is 18.1. The fraction of sp³-hybridized carbons (Fsp3) is 0.652. The first kappa shape index (κ1) is 22.3. The lowest BCUT2D eigenvalue weighted by atomic mass is 9.39. The second-order valence-corrected chi connectivity index (χ2v) is 10.3. The number of ether oxygens (including phenoxy) is 1. The van der Waals surface area contributed by atoms with E-state index in [1.54, 1.807) is 0 Å². The van der Waals surface area contributed by atoms with Gasteiger partial charge >= 0.3 is 0 Å². The number of carbonyl (C=O) groups is 2. The molecule has 6 nitrogen and oxygen atoms in total. The Kier molecular flexibility index (Phi) is 6.19. The zero-order valence-corrected chi connectivity index (χ0v) is 18.9. The summed E-state index contributed by atoms with van der Waals surface area (Å²) in [6.07, 6.45) is 5.36. The maximum absolute atomic E-state index is 13.4. The molecule has 2 amide bonds. The number of halogens is 2. The van der Waals surface area contributed by atoms with Crippen molar-refractivity contribution >= 4 is 23.4 Å². The molecule has 2 atom stereocenters. The van der Waals surface area contributed by atoms with Crippen LogP contribution in [0.5, 0.6) is 5.75 Å². The van der Waals surface area contributed by atoms with E-state index in [0.717, 1.165) is 31.9 Å². The maximum Gasteiger partial charge on any atom is 0.258 e. The van der Waals surface area contributed by atoms with Crippen LogP contribution in [0.4, 0.5) is 4.39 Å². The number of hydrogen-bond acceptors (Lipinski definition) is 4. The molecule has 2 bridgehead atoms. The molecular weight excluding hydrogens is 421 g/mol. The van der Waals surface area contributed by atoms with Crippen LogP contribution in [0.3, 0.4) is 0 Å². The summed E-state index contributed by atoms with van der Waals surface area (Å²) in [5.74, 6) is 0.170. The Balaban J connectivity index is 1.15. The van der Waals surface area contributed by atoms with E-state index in [9.17, 15) is 14.0 Å². The van der Waals surface area contributed by atoms with Crippen LogP contribution < -0.4 is 20.7 Å². The topological polar surface area (TPSA) is 79.5 Å². The van der Waals surface area contributed by atoms with Gasteiger partial charge in [-0.05, 0) is 70.4 Å². The third-order valence-corrected chi connectivity index (χ3v) is 7.27. The summed E-state index contributed by atoms with van der Waals surface area (Å²) >= 11 is 5.64. The molecule has 1 aliphatic heterocycles. The van der Waals surface area contributed by atoms with Crippen molar-refractivity contribution in [2.75, 3.05) is 13.2 Å². The Hall–Kier alpha value is -1.86. The molecule has 0 radical (unpaired) electrons. The molecule has 4 aliphatic rings. The van der Waals surface area contributed by atoms with Crippen molar-refractivity contribution in [2.24, 2.45) is 11.3 Å². The number of hydrogen-bond donors (Lipinski definition) is 3. The largest absolute Gasteiger partial charge is 0.484 e. The third-order valence-electron chi connectivity index (χ3n) is 6.96. The highest BCUT2D eigenvalue weighted by atomic mass is 35.5. The fourth-order valence-electron chi connectivity index (χ4n) is 5.74. The summed E-state index contributed by atoms with van der Waals surface area (Å²) in [5, 5.41) is 9.66. The van der Waals surface area contributed by atoms with E-state index in [4.69, 9.17) is 16.3 Å². The summed E-state index contributed by atoms with van der Waals surface area (Å²) in [6, 6.07) is 5.13. The van der Waals surface area contributed by atoms with Gasteiger partial charge in [-0.25, -0.2) is 4.39 Å². The Labute approximate surface area is 187 Å². The maximum atomic E-state index is 13.4. The second-order valence-electron chi connectivity index (χ2n) is 9.85. The minimum atomic E-state index is -0.587. The lowest BCUT2D eigenvalue weighted by molar-refractivity contribution is -0.184. The van der Waals surface area contributed by atoms with Crippen molar-refractivity contribution in [3.05, 3.63) is 29.0 Å². The average Bonchev–Trinajstić information content (AvgIpc) is 2.63. The van der Waals surface area contributed by atoms with Crippen LogP contribution in [0, 0.1) is 17.2 Å². The smallest absolute Gasteiger partial charge is 0.258 e. The van der Waals surface area contributed by atoms with E-state index in [2.05, 4.69) is 29.8 Å².